The third-order valence-electron chi connectivity index (χ3n) is 3.09. The van der Waals surface area contributed by atoms with Gasteiger partial charge in [-0.15, -0.1) is 0 Å². The van der Waals surface area contributed by atoms with E-state index >= 15 is 0 Å². The Bertz CT molecular complexity index is 707. The lowest BCUT2D eigenvalue weighted by atomic mass is 10.4. The fourth-order valence-electron chi connectivity index (χ4n) is 2.00. The number of hydrogen-bond donors (Lipinski definition) is 1. The number of quaternary nitrogens is 1. The van der Waals surface area contributed by atoms with Gasteiger partial charge in [-0.05, 0) is 17.2 Å². The van der Waals surface area contributed by atoms with E-state index in [2.05, 4.69) is 15.1 Å². The minimum absolute atomic E-state index is 0.256. The number of fused-ring (bicyclic) bond motifs is 1. The second-order valence-electron chi connectivity index (χ2n) is 4.57. The Morgan fingerprint density at radius 1 is 1.50 bits per heavy atom. The Balaban J connectivity index is 1.79. The van der Waals surface area contributed by atoms with Crippen molar-refractivity contribution in [2.24, 2.45) is 20.8 Å². The van der Waals surface area contributed by atoms with Crippen molar-refractivity contribution < 1.29 is 18.2 Å². The minimum atomic E-state index is -0.912. The van der Waals surface area contributed by atoms with E-state index in [-0.39, 0.29) is 11.4 Å². The average Bonchev–Trinajstić information content (AvgIpc) is 3.13. The molecule has 0 spiro atoms. The fraction of sp³-hybridized carbons (Fsp3) is 0.308. The molecule has 0 radical (unpaired) electrons. The van der Waals surface area contributed by atoms with E-state index in [9.17, 15) is 4.21 Å². The molecule has 0 saturated carbocycles. The first-order valence-corrected chi connectivity index (χ1v) is 8.26. The van der Waals surface area contributed by atoms with Crippen LogP contribution in [0.2, 0.25) is 0 Å². The number of nitrogens with zero attached hydrogens (tertiary/aromatic N) is 4. The van der Waals surface area contributed by atoms with Gasteiger partial charge in [-0.25, -0.2) is 0 Å². The van der Waals surface area contributed by atoms with Crippen molar-refractivity contribution in [3.05, 3.63) is 36.1 Å². The molecule has 2 unspecified atom stereocenters. The monoisotopic (exact) mass is 322 g/mol. The summed E-state index contributed by atoms with van der Waals surface area (Å²) in [5.74, 6) is 2.76. The molecule has 2 aliphatic rings. The van der Waals surface area contributed by atoms with Crippen molar-refractivity contribution in [3.63, 3.8) is 0 Å². The molecular formula is C13H16N5O3S+. The maximum atomic E-state index is 11.5. The number of hydrogen-bond acceptors (Lipinski definition) is 7. The summed E-state index contributed by atoms with van der Waals surface area (Å²) in [7, 11) is -0.912. The zero-order valence-electron chi connectivity index (χ0n) is 12.0. The molecule has 116 valence electrons. The molecule has 2 N–H and O–H groups in total. The van der Waals surface area contributed by atoms with E-state index < -0.39 is 10.8 Å². The van der Waals surface area contributed by atoms with Crippen molar-refractivity contribution in [1.82, 2.24) is 0 Å². The third-order valence-corrected chi connectivity index (χ3v) is 4.35. The molecular weight excluding hydrogens is 306 g/mol. The average molecular weight is 322 g/mol. The van der Waals surface area contributed by atoms with Crippen LogP contribution < -0.4 is 5.73 Å². The highest BCUT2D eigenvalue weighted by Gasteiger charge is 2.43. The Kier molecular flexibility index (Phi) is 4.01. The van der Waals surface area contributed by atoms with Gasteiger partial charge in [0.25, 0.3) is 6.34 Å². The van der Waals surface area contributed by atoms with Crippen LogP contribution >= 0.6 is 0 Å². The van der Waals surface area contributed by atoms with Gasteiger partial charge >= 0.3 is 5.82 Å². The van der Waals surface area contributed by atoms with E-state index in [1.54, 1.807) is 24.5 Å². The molecule has 0 aromatic carbocycles. The molecule has 9 heteroatoms. The lowest BCUT2D eigenvalue weighted by Gasteiger charge is -2.22. The summed E-state index contributed by atoms with van der Waals surface area (Å²) in [4.78, 5) is 14.4. The van der Waals surface area contributed by atoms with Crippen molar-refractivity contribution in [1.29, 1.82) is 0 Å². The topological polar surface area (TPSA) is 103 Å². The zero-order valence-corrected chi connectivity index (χ0v) is 12.8. The molecule has 0 aliphatic carbocycles. The molecule has 1 aromatic rings. The zero-order chi connectivity index (χ0) is 15.6. The van der Waals surface area contributed by atoms with Crippen molar-refractivity contribution in [3.8, 4) is 0 Å². The summed E-state index contributed by atoms with van der Waals surface area (Å²) >= 11 is 0. The maximum absolute atomic E-state index is 11.5. The second-order valence-corrected chi connectivity index (χ2v) is 6.44. The molecule has 0 amide bonds. The van der Waals surface area contributed by atoms with Crippen LogP contribution in [-0.4, -0.2) is 45.1 Å². The summed E-state index contributed by atoms with van der Waals surface area (Å²) in [6.45, 7) is 2.12. The minimum Gasteiger partial charge on any atom is -0.461 e. The van der Waals surface area contributed by atoms with E-state index in [1.165, 1.54) is 6.34 Å². The van der Waals surface area contributed by atoms with Crippen LogP contribution in [0.1, 0.15) is 12.7 Å². The maximum Gasteiger partial charge on any atom is 0.300 e. The van der Waals surface area contributed by atoms with Gasteiger partial charge in [-0.3, -0.25) is 4.21 Å². The van der Waals surface area contributed by atoms with Crippen LogP contribution in [0.5, 0.6) is 0 Å². The van der Waals surface area contributed by atoms with Gasteiger partial charge in [0.05, 0.1) is 18.1 Å². The number of aliphatic imine (C=N–C) groups is 2. The lowest BCUT2D eigenvalue weighted by Crippen LogP contribution is -2.42. The Morgan fingerprint density at radius 3 is 3.09 bits per heavy atom. The number of hydroxylamine groups is 2. The standard InChI is InChI=1S/C13H16N5O3S/c1-2-22(19)7-6-21-18-9-15-13(10-4-3-5-20-10)16-12(18)8-11(14)17-18/h3-5,8-9H,2,6-7H2,1H3,(H2,14,17)/q+1. The van der Waals surface area contributed by atoms with E-state index in [0.29, 0.717) is 34.8 Å². The molecule has 1 aromatic heterocycles. The predicted octanol–water partition coefficient (Wildman–Crippen LogP) is 0.712. The molecule has 0 saturated heterocycles. The molecule has 0 bridgehead atoms. The molecule has 8 nitrogen and oxygen atoms in total. The van der Waals surface area contributed by atoms with Gasteiger partial charge in [0, 0.05) is 21.3 Å². The summed E-state index contributed by atoms with van der Waals surface area (Å²) in [5, 5.41) is 4.21. The normalized spacial score (nSPS) is 24.5. The van der Waals surface area contributed by atoms with Crippen LogP contribution in [0.25, 0.3) is 0 Å². The first-order chi connectivity index (χ1) is 10.6. The van der Waals surface area contributed by atoms with Crippen LogP contribution in [0.15, 0.2) is 49.8 Å². The molecule has 22 heavy (non-hydrogen) atoms. The molecule has 2 atom stereocenters. The van der Waals surface area contributed by atoms with E-state index in [1.807, 2.05) is 6.92 Å². The number of rotatable bonds is 6. The number of nitrogens with two attached hydrogens (primary N) is 1. The summed E-state index contributed by atoms with van der Waals surface area (Å²) < 4.78 is 16.4. The Morgan fingerprint density at radius 2 is 2.36 bits per heavy atom. The van der Waals surface area contributed by atoms with E-state index in [4.69, 9.17) is 15.0 Å². The summed E-state index contributed by atoms with van der Waals surface area (Å²) in [5.41, 5.74) is 5.77. The van der Waals surface area contributed by atoms with Gasteiger partial charge < -0.3 is 10.2 Å². The molecule has 2 aliphatic heterocycles. The predicted molar refractivity (Wildman–Crippen MR) is 83.2 cm³/mol. The van der Waals surface area contributed by atoms with Crippen molar-refractivity contribution in [2.75, 3.05) is 18.1 Å². The number of amidine groups is 2. The van der Waals surface area contributed by atoms with Gasteiger partial charge in [0.2, 0.25) is 5.84 Å². The van der Waals surface area contributed by atoms with Crippen LogP contribution in [0.4, 0.5) is 0 Å². The number of furan rings is 1. The van der Waals surface area contributed by atoms with Crippen LogP contribution in [0, 0.1) is 0 Å². The Hall–Kier alpha value is -2.10. The summed E-state index contributed by atoms with van der Waals surface area (Å²) in [6.07, 6.45) is 4.66. The largest absolute Gasteiger partial charge is 0.461 e. The van der Waals surface area contributed by atoms with Crippen LogP contribution in [-0.2, 0) is 15.6 Å². The summed E-state index contributed by atoms with van der Waals surface area (Å²) in [6, 6.07) is 3.52. The highest BCUT2D eigenvalue weighted by molar-refractivity contribution is 7.84. The smallest absolute Gasteiger partial charge is 0.300 e. The SMILES string of the molecule is CCS(=O)CCO[N+]12C=NC(c3ccco3)=NC1=CC(N)=N2. The van der Waals surface area contributed by atoms with Gasteiger partial charge in [-0.2, -0.15) is 14.8 Å². The fourth-order valence-corrected chi connectivity index (χ4v) is 2.55. The van der Waals surface area contributed by atoms with Gasteiger partial charge in [-0.1, -0.05) is 6.92 Å². The Labute approximate surface area is 129 Å². The van der Waals surface area contributed by atoms with Crippen LogP contribution in [0.3, 0.4) is 0 Å². The van der Waals surface area contributed by atoms with Gasteiger partial charge in [0.1, 0.15) is 6.61 Å². The van der Waals surface area contributed by atoms with E-state index in [0.717, 1.165) is 0 Å². The lowest BCUT2D eigenvalue weighted by molar-refractivity contribution is -1.00. The van der Waals surface area contributed by atoms with Crippen molar-refractivity contribution in [2.45, 2.75) is 6.92 Å². The quantitative estimate of drug-likeness (QED) is 0.779. The highest BCUT2D eigenvalue weighted by Crippen LogP contribution is 2.28. The first kappa shape index (κ1) is 14.8. The second kappa shape index (κ2) is 5.95. The highest BCUT2D eigenvalue weighted by atomic mass is 32.2. The van der Waals surface area contributed by atoms with Gasteiger partial charge in [0.15, 0.2) is 11.6 Å². The molecule has 3 heterocycles. The molecule has 3 rings (SSSR count). The first-order valence-electron chi connectivity index (χ1n) is 6.77. The molecule has 0 fully saturated rings. The van der Waals surface area contributed by atoms with Crippen molar-refractivity contribution >= 4 is 28.8 Å². The third kappa shape index (κ3) is 2.78.